The van der Waals surface area contributed by atoms with Crippen molar-refractivity contribution in [2.24, 2.45) is 5.92 Å². The standard InChI is InChI=1S/C8H19NO/c1-6-9(4)8(10-5)7(2)3/h7-8H,6H2,1-5H3. The van der Waals surface area contributed by atoms with E-state index in [9.17, 15) is 0 Å². The van der Waals surface area contributed by atoms with Crippen LogP contribution in [0.3, 0.4) is 0 Å². The molecular formula is C8H19NO. The molecule has 62 valence electrons. The molecule has 1 unspecified atom stereocenters. The highest BCUT2D eigenvalue weighted by molar-refractivity contribution is 4.59. The SMILES string of the molecule is CCN(C)C(OC)C(C)C. The zero-order valence-electron chi connectivity index (χ0n) is 7.72. The van der Waals surface area contributed by atoms with Crippen molar-refractivity contribution in [2.75, 3.05) is 20.7 Å². The second kappa shape index (κ2) is 4.69. The third-order valence-corrected chi connectivity index (χ3v) is 1.75. The van der Waals surface area contributed by atoms with Crippen molar-refractivity contribution in [1.82, 2.24) is 4.90 Å². The van der Waals surface area contributed by atoms with Gasteiger partial charge in [-0.05, 0) is 19.5 Å². The summed E-state index contributed by atoms with van der Waals surface area (Å²) < 4.78 is 5.29. The van der Waals surface area contributed by atoms with Gasteiger partial charge < -0.3 is 4.74 Å². The lowest BCUT2D eigenvalue weighted by molar-refractivity contribution is -0.0461. The van der Waals surface area contributed by atoms with Crippen LogP contribution in [0.5, 0.6) is 0 Å². The number of ether oxygens (including phenoxy) is 1. The van der Waals surface area contributed by atoms with E-state index in [0.717, 1.165) is 6.54 Å². The van der Waals surface area contributed by atoms with E-state index in [1.165, 1.54) is 0 Å². The molecule has 0 rings (SSSR count). The molecule has 10 heavy (non-hydrogen) atoms. The van der Waals surface area contributed by atoms with Gasteiger partial charge in [-0.25, -0.2) is 0 Å². The predicted molar refractivity (Wildman–Crippen MR) is 43.9 cm³/mol. The molecule has 0 aromatic rings. The summed E-state index contributed by atoms with van der Waals surface area (Å²) in [5, 5.41) is 0. The van der Waals surface area contributed by atoms with Crippen LogP contribution in [-0.4, -0.2) is 31.8 Å². The molecule has 2 heteroatoms. The fourth-order valence-corrected chi connectivity index (χ4v) is 1.14. The molecule has 0 heterocycles. The van der Waals surface area contributed by atoms with Gasteiger partial charge in [0.2, 0.25) is 0 Å². The Kier molecular flexibility index (Phi) is 4.65. The first-order valence-corrected chi connectivity index (χ1v) is 3.86. The first-order valence-electron chi connectivity index (χ1n) is 3.86. The first kappa shape index (κ1) is 9.92. The molecule has 0 saturated carbocycles. The Morgan fingerprint density at radius 3 is 2.00 bits per heavy atom. The maximum absolute atomic E-state index is 5.29. The first-order chi connectivity index (χ1) is 4.63. The van der Waals surface area contributed by atoms with E-state index in [2.05, 4.69) is 32.7 Å². The molecule has 0 aromatic heterocycles. The van der Waals surface area contributed by atoms with Crippen molar-refractivity contribution in [2.45, 2.75) is 27.0 Å². The third-order valence-electron chi connectivity index (χ3n) is 1.75. The summed E-state index contributed by atoms with van der Waals surface area (Å²) in [5.41, 5.74) is 0. The van der Waals surface area contributed by atoms with Gasteiger partial charge in [0.25, 0.3) is 0 Å². The smallest absolute Gasteiger partial charge is 0.112 e. The normalized spacial score (nSPS) is 14.7. The molecule has 0 aliphatic heterocycles. The van der Waals surface area contributed by atoms with Crippen LogP contribution in [0.25, 0.3) is 0 Å². The van der Waals surface area contributed by atoms with Crippen LogP contribution in [0.15, 0.2) is 0 Å². The highest BCUT2D eigenvalue weighted by Crippen LogP contribution is 2.08. The lowest BCUT2D eigenvalue weighted by atomic mass is 10.2. The van der Waals surface area contributed by atoms with Gasteiger partial charge in [0.15, 0.2) is 0 Å². The zero-order valence-corrected chi connectivity index (χ0v) is 7.72. The maximum atomic E-state index is 5.29. The van der Waals surface area contributed by atoms with E-state index >= 15 is 0 Å². The van der Waals surface area contributed by atoms with E-state index in [1.807, 2.05) is 0 Å². The fraction of sp³-hybridized carbons (Fsp3) is 1.00. The Labute approximate surface area is 64.2 Å². The molecule has 0 spiro atoms. The van der Waals surface area contributed by atoms with Crippen LogP contribution >= 0.6 is 0 Å². The molecule has 0 saturated heterocycles. The van der Waals surface area contributed by atoms with Gasteiger partial charge in [0, 0.05) is 7.11 Å². The molecule has 0 radical (unpaired) electrons. The maximum Gasteiger partial charge on any atom is 0.112 e. The summed E-state index contributed by atoms with van der Waals surface area (Å²) in [7, 11) is 3.84. The van der Waals surface area contributed by atoms with Crippen LogP contribution in [0.1, 0.15) is 20.8 Å². The highest BCUT2D eigenvalue weighted by atomic mass is 16.5. The second-order valence-electron chi connectivity index (χ2n) is 2.94. The fourth-order valence-electron chi connectivity index (χ4n) is 1.14. The third kappa shape index (κ3) is 2.67. The minimum absolute atomic E-state index is 0.269. The summed E-state index contributed by atoms with van der Waals surface area (Å²) in [5.74, 6) is 0.565. The minimum atomic E-state index is 0.269. The van der Waals surface area contributed by atoms with Crippen LogP contribution in [-0.2, 0) is 4.74 Å². The number of rotatable bonds is 4. The van der Waals surface area contributed by atoms with Crippen molar-refractivity contribution < 1.29 is 4.74 Å². The number of hydrogen-bond donors (Lipinski definition) is 0. The average molecular weight is 145 g/mol. The summed E-state index contributed by atoms with van der Waals surface area (Å²) in [6.45, 7) is 7.51. The van der Waals surface area contributed by atoms with E-state index < -0.39 is 0 Å². The molecule has 0 aliphatic carbocycles. The Hall–Kier alpha value is -0.0800. The van der Waals surface area contributed by atoms with Gasteiger partial charge in [-0.1, -0.05) is 20.8 Å². The van der Waals surface area contributed by atoms with Crippen molar-refractivity contribution in [1.29, 1.82) is 0 Å². The van der Waals surface area contributed by atoms with Gasteiger partial charge in [0.05, 0.1) is 0 Å². The Morgan fingerprint density at radius 1 is 1.40 bits per heavy atom. The molecule has 2 nitrogen and oxygen atoms in total. The summed E-state index contributed by atoms with van der Waals surface area (Å²) in [6.07, 6.45) is 0.269. The van der Waals surface area contributed by atoms with E-state index in [0.29, 0.717) is 5.92 Å². The molecule has 0 aliphatic rings. The van der Waals surface area contributed by atoms with Crippen molar-refractivity contribution in [3.63, 3.8) is 0 Å². The van der Waals surface area contributed by atoms with Crippen molar-refractivity contribution >= 4 is 0 Å². The number of hydrogen-bond acceptors (Lipinski definition) is 2. The molecule has 0 amide bonds. The number of methoxy groups -OCH3 is 1. The van der Waals surface area contributed by atoms with Gasteiger partial charge in [-0.15, -0.1) is 0 Å². The second-order valence-corrected chi connectivity index (χ2v) is 2.94. The summed E-state index contributed by atoms with van der Waals surface area (Å²) in [4.78, 5) is 2.20. The van der Waals surface area contributed by atoms with Crippen LogP contribution in [0, 0.1) is 5.92 Å². The molecule has 0 aromatic carbocycles. The van der Waals surface area contributed by atoms with E-state index in [4.69, 9.17) is 4.74 Å². The Morgan fingerprint density at radius 2 is 1.90 bits per heavy atom. The average Bonchev–Trinajstić information content (AvgIpc) is 1.88. The van der Waals surface area contributed by atoms with Crippen LogP contribution < -0.4 is 0 Å². The lowest BCUT2D eigenvalue weighted by Crippen LogP contribution is -2.37. The molecular weight excluding hydrogens is 126 g/mol. The molecule has 1 atom stereocenters. The Balaban J connectivity index is 3.80. The largest absolute Gasteiger partial charge is 0.366 e. The van der Waals surface area contributed by atoms with Gasteiger partial charge >= 0.3 is 0 Å². The minimum Gasteiger partial charge on any atom is -0.366 e. The Bertz CT molecular complexity index is 83.3. The number of nitrogens with zero attached hydrogens (tertiary/aromatic N) is 1. The topological polar surface area (TPSA) is 12.5 Å². The summed E-state index contributed by atoms with van der Waals surface area (Å²) in [6, 6.07) is 0. The molecule has 0 bridgehead atoms. The van der Waals surface area contributed by atoms with E-state index in [-0.39, 0.29) is 6.23 Å². The van der Waals surface area contributed by atoms with Gasteiger partial charge in [0.1, 0.15) is 6.23 Å². The predicted octanol–water partition coefficient (Wildman–Crippen LogP) is 1.57. The van der Waals surface area contributed by atoms with Gasteiger partial charge in [-0.3, -0.25) is 4.90 Å². The molecule has 0 fully saturated rings. The summed E-state index contributed by atoms with van der Waals surface area (Å²) >= 11 is 0. The van der Waals surface area contributed by atoms with Gasteiger partial charge in [-0.2, -0.15) is 0 Å². The van der Waals surface area contributed by atoms with Crippen LogP contribution in [0.4, 0.5) is 0 Å². The zero-order chi connectivity index (χ0) is 8.15. The van der Waals surface area contributed by atoms with Crippen LogP contribution in [0.2, 0.25) is 0 Å². The van der Waals surface area contributed by atoms with Crippen molar-refractivity contribution in [3.8, 4) is 0 Å². The van der Waals surface area contributed by atoms with E-state index in [1.54, 1.807) is 7.11 Å². The highest BCUT2D eigenvalue weighted by Gasteiger charge is 2.15. The lowest BCUT2D eigenvalue weighted by Gasteiger charge is -2.28. The monoisotopic (exact) mass is 145 g/mol. The van der Waals surface area contributed by atoms with Crippen molar-refractivity contribution in [3.05, 3.63) is 0 Å². The molecule has 0 N–H and O–H groups in total. The quantitative estimate of drug-likeness (QED) is 0.557.